The normalized spacial score (nSPS) is 10.7. The van der Waals surface area contributed by atoms with Gasteiger partial charge in [0.25, 0.3) is 0 Å². The molecule has 20 heavy (non-hydrogen) atoms. The van der Waals surface area contributed by atoms with Crippen molar-refractivity contribution >= 4 is 11.9 Å². The fourth-order valence-electron chi connectivity index (χ4n) is 1.69. The predicted octanol–water partition coefficient (Wildman–Crippen LogP) is 3.55. The molecule has 0 fully saturated rings. The van der Waals surface area contributed by atoms with Crippen molar-refractivity contribution in [3.63, 3.8) is 0 Å². The number of aryl methyl sites for hydroxylation is 1. The van der Waals surface area contributed by atoms with Crippen LogP contribution in [0.2, 0.25) is 0 Å². The molecule has 0 saturated carbocycles. The molecule has 2 rings (SSSR count). The molecule has 0 bridgehead atoms. The van der Waals surface area contributed by atoms with Crippen LogP contribution < -0.4 is 10.2 Å². The molecule has 0 unspecified atom stereocenters. The van der Waals surface area contributed by atoms with E-state index in [2.05, 4.69) is 10.5 Å². The van der Waals surface area contributed by atoms with E-state index in [1.54, 1.807) is 24.4 Å². The molecule has 104 valence electrons. The van der Waals surface area contributed by atoms with Crippen LogP contribution in [0.4, 0.5) is 5.69 Å². The first kappa shape index (κ1) is 13.9. The van der Waals surface area contributed by atoms with Crippen LogP contribution in [0.3, 0.4) is 0 Å². The standard InChI is InChI=1S/C16H18N2O2/c1-3-20-16-10-13(6-9-15(16)19)11-17-18-14-7-4-12(2)5-8-14/h4-11,18-19H,3H2,1-2H3. The Kier molecular flexibility index (Phi) is 4.60. The molecule has 0 radical (unpaired) electrons. The Labute approximate surface area is 118 Å². The van der Waals surface area contributed by atoms with Gasteiger partial charge in [0, 0.05) is 0 Å². The minimum absolute atomic E-state index is 0.135. The zero-order valence-corrected chi connectivity index (χ0v) is 11.6. The van der Waals surface area contributed by atoms with Crippen molar-refractivity contribution < 1.29 is 9.84 Å². The second-order valence-electron chi connectivity index (χ2n) is 4.40. The van der Waals surface area contributed by atoms with E-state index in [0.29, 0.717) is 12.4 Å². The van der Waals surface area contributed by atoms with Gasteiger partial charge in [-0.1, -0.05) is 17.7 Å². The van der Waals surface area contributed by atoms with Gasteiger partial charge >= 0.3 is 0 Å². The van der Waals surface area contributed by atoms with Crippen LogP contribution in [-0.2, 0) is 0 Å². The number of phenolic OH excluding ortho intramolecular Hbond substituents is 1. The van der Waals surface area contributed by atoms with Gasteiger partial charge in [-0.15, -0.1) is 0 Å². The van der Waals surface area contributed by atoms with E-state index in [1.807, 2.05) is 38.1 Å². The first-order valence-corrected chi connectivity index (χ1v) is 6.50. The zero-order chi connectivity index (χ0) is 14.4. The topological polar surface area (TPSA) is 53.8 Å². The number of nitrogens with zero attached hydrogens (tertiary/aromatic N) is 1. The van der Waals surface area contributed by atoms with Crippen molar-refractivity contribution in [1.29, 1.82) is 0 Å². The first-order valence-electron chi connectivity index (χ1n) is 6.50. The molecule has 0 aromatic heterocycles. The quantitative estimate of drug-likeness (QED) is 0.645. The molecule has 0 atom stereocenters. The van der Waals surface area contributed by atoms with E-state index < -0.39 is 0 Å². The monoisotopic (exact) mass is 270 g/mol. The molecule has 0 aliphatic rings. The number of nitrogens with one attached hydrogen (secondary N) is 1. The van der Waals surface area contributed by atoms with Crippen LogP contribution in [0.1, 0.15) is 18.1 Å². The molecule has 4 nitrogen and oxygen atoms in total. The average molecular weight is 270 g/mol. The number of ether oxygens (including phenoxy) is 1. The van der Waals surface area contributed by atoms with Crippen LogP contribution in [0.25, 0.3) is 0 Å². The second kappa shape index (κ2) is 6.61. The van der Waals surface area contributed by atoms with Crippen molar-refractivity contribution in [3.8, 4) is 11.5 Å². The summed E-state index contributed by atoms with van der Waals surface area (Å²) in [6, 6.07) is 13.1. The molecule has 0 heterocycles. The lowest BCUT2D eigenvalue weighted by atomic mass is 10.2. The fraction of sp³-hybridized carbons (Fsp3) is 0.188. The summed E-state index contributed by atoms with van der Waals surface area (Å²) < 4.78 is 5.32. The highest BCUT2D eigenvalue weighted by molar-refractivity contribution is 5.81. The molecule has 2 aromatic rings. The molecule has 2 aromatic carbocycles. The number of benzene rings is 2. The summed E-state index contributed by atoms with van der Waals surface area (Å²) in [5.74, 6) is 0.599. The van der Waals surface area contributed by atoms with Crippen molar-refractivity contribution in [3.05, 3.63) is 53.6 Å². The minimum Gasteiger partial charge on any atom is -0.504 e. The molecular weight excluding hydrogens is 252 g/mol. The van der Waals surface area contributed by atoms with Gasteiger partial charge in [0.05, 0.1) is 18.5 Å². The number of anilines is 1. The Hall–Kier alpha value is -2.49. The summed E-state index contributed by atoms with van der Waals surface area (Å²) in [5.41, 5.74) is 5.94. The number of hydrazone groups is 1. The Morgan fingerprint density at radius 1 is 1.20 bits per heavy atom. The highest BCUT2D eigenvalue weighted by atomic mass is 16.5. The van der Waals surface area contributed by atoms with Gasteiger partial charge in [-0.25, -0.2) is 0 Å². The molecular formula is C16H18N2O2. The van der Waals surface area contributed by atoms with E-state index in [9.17, 15) is 5.11 Å². The van der Waals surface area contributed by atoms with Gasteiger partial charge < -0.3 is 9.84 Å². The van der Waals surface area contributed by atoms with E-state index in [1.165, 1.54) is 5.56 Å². The number of rotatable bonds is 5. The van der Waals surface area contributed by atoms with Crippen LogP contribution >= 0.6 is 0 Å². The zero-order valence-electron chi connectivity index (χ0n) is 11.6. The first-order chi connectivity index (χ1) is 9.69. The van der Waals surface area contributed by atoms with Gasteiger partial charge in [-0.3, -0.25) is 5.43 Å². The highest BCUT2D eigenvalue weighted by Gasteiger charge is 2.01. The van der Waals surface area contributed by atoms with Gasteiger partial charge in [0.15, 0.2) is 11.5 Å². The van der Waals surface area contributed by atoms with Crippen molar-refractivity contribution in [2.24, 2.45) is 5.10 Å². The third kappa shape index (κ3) is 3.75. The van der Waals surface area contributed by atoms with E-state index in [-0.39, 0.29) is 5.75 Å². The summed E-state index contributed by atoms with van der Waals surface area (Å²) in [5, 5.41) is 13.8. The second-order valence-corrected chi connectivity index (χ2v) is 4.40. The molecule has 0 aliphatic carbocycles. The molecule has 4 heteroatoms. The SMILES string of the molecule is CCOc1cc(C=NNc2ccc(C)cc2)ccc1O. The van der Waals surface area contributed by atoms with Gasteiger partial charge in [-0.05, 0) is 49.7 Å². The largest absolute Gasteiger partial charge is 0.504 e. The number of hydrogen-bond acceptors (Lipinski definition) is 4. The maximum absolute atomic E-state index is 9.61. The van der Waals surface area contributed by atoms with Gasteiger partial charge in [-0.2, -0.15) is 5.10 Å². The van der Waals surface area contributed by atoms with Crippen molar-refractivity contribution in [1.82, 2.24) is 0 Å². The maximum Gasteiger partial charge on any atom is 0.161 e. The molecule has 2 N–H and O–H groups in total. The lowest BCUT2D eigenvalue weighted by Gasteiger charge is -2.06. The Balaban J connectivity index is 2.03. The number of hydrogen-bond donors (Lipinski definition) is 2. The minimum atomic E-state index is 0.135. The average Bonchev–Trinajstić information content (AvgIpc) is 2.45. The Morgan fingerprint density at radius 2 is 1.95 bits per heavy atom. The van der Waals surface area contributed by atoms with E-state index in [0.717, 1.165) is 11.3 Å². The van der Waals surface area contributed by atoms with E-state index >= 15 is 0 Å². The van der Waals surface area contributed by atoms with Crippen LogP contribution in [0.15, 0.2) is 47.6 Å². The summed E-state index contributed by atoms with van der Waals surface area (Å²) in [7, 11) is 0. The summed E-state index contributed by atoms with van der Waals surface area (Å²) in [6.45, 7) is 4.42. The third-order valence-electron chi connectivity index (χ3n) is 2.74. The predicted molar refractivity (Wildman–Crippen MR) is 81.7 cm³/mol. The Bertz CT molecular complexity index is 592. The van der Waals surface area contributed by atoms with Gasteiger partial charge in [0.2, 0.25) is 0 Å². The number of aromatic hydroxyl groups is 1. The summed E-state index contributed by atoms with van der Waals surface area (Å²) in [4.78, 5) is 0. The molecule has 0 aliphatic heterocycles. The van der Waals surface area contributed by atoms with Crippen LogP contribution in [0, 0.1) is 6.92 Å². The van der Waals surface area contributed by atoms with Crippen molar-refractivity contribution in [2.45, 2.75) is 13.8 Å². The molecule has 0 spiro atoms. The van der Waals surface area contributed by atoms with Crippen LogP contribution in [0.5, 0.6) is 11.5 Å². The smallest absolute Gasteiger partial charge is 0.161 e. The number of phenols is 1. The van der Waals surface area contributed by atoms with Crippen molar-refractivity contribution in [2.75, 3.05) is 12.0 Å². The Morgan fingerprint density at radius 3 is 2.65 bits per heavy atom. The lowest BCUT2D eigenvalue weighted by molar-refractivity contribution is 0.318. The lowest BCUT2D eigenvalue weighted by Crippen LogP contribution is -1.94. The van der Waals surface area contributed by atoms with E-state index in [4.69, 9.17) is 4.74 Å². The summed E-state index contributed by atoms with van der Waals surface area (Å²) >= 11 is 0. The molecule has 0 amide bonds. The fourth-order valence-corrected chi connectivity index (χ4v) is 1.69. The third-order valence-corrected chi connectivity index (χ3v) is 2.74. The van der Waals surface area contributed by atoms with Gasteiger partial charge in [0.1, 0.15) is 0 Å². The molecule has 0 saturated heterocycles. The maximum atomic E-state index is 9.61. The summed E-state index contributed by atoms with van der Waals surface area (Å²) in [6.07, 6.45) is 1.68. The highest BCUT2D eigenvalue weighted by Crippen LogP contribution is 2.26. The van der Waals surface area contributed by atoms with Crippen LogP contribution in [-0.4, -0.2) is 17.9 Å².